The van der Waals surface area contributed by atoms with Gasteiger partial charge in [-0.15, -0.1) is 0 Å². The average molecular weight is 387 g/mol. The molecule has 0 atom stereocenters. The zero-order valence-corrected chi connectivity index (χ0v) is 15.5. The van der Waals surface area contributed by atoms with Crippen molar-refractivity contribution in [3.8, 4) is 6.07 Å². The second-order valence-electron chi connectivity index (χ2n) is 6.35. The maximum Gasteiger partial charge on any atom is 0.255 e. The van der Waals surface area contributed by atoms with Crippen LogP contribution in [0.15, 0.2) is 72.8 Å². The lowest BCUT2D eigenvalue weighted by atomic mass is 10.1. The number of nitriles is 1. The van der Waals surface area contributed by atoms with Crippen molar-refractivity contribution in [2.45, 2.75) is 6.42 Å². The first-order valence-electron chi connectivity index (χ1n) is 8.99. The van der Waals surface area contributed by atoms with E-state index in [4.69, 9.17) is 5.26 Å². The molecule has 0 bridgehead atoms. The van der Waals surface area contributed by atoms with E-state index in [2.05, 4.69) is 10.6 Å². The molecule has 0 aliphatic carbocycles. The Kier molecular flexibility index (Phi) is 6.33. The van der Waals surface area contributed by atoms with Crippen molar-refractivity contribution in [3.05, 3.63) is 101 Å². The third-order valence-corrected chi connectivity index (χ3v) is 4.29. The molecule has 0 radical (unpaired) electrons. The maximum absolute atomic E-state index is 12.9. The molecule has 144 valence electrons. The Hall–Kier alpha value is -3.98. The van der Waals surface area contributed by atoms with Crippen molar-refractivity contribution in [1.82, 2.24) is 5.32 Å². The fourth-order valence-corrected chi connectivity index (χ4v) is 2.68. The fourth-order valence-electron chi connectivity index (χ4n) is 2.68. The predicted octanol–water partition coefficient (Wildman–Crippen LogP) is 3.92. The summed E-state index contributed by atoms with van der Waals surface area (Å²) in [6.07, 6.45) is 0.594. The minimum absolute atomic E-state index is 0.244. The molecule has 0 saturated heterocycles. The van der Waals surface area contributed by atoms with E-state index in [1.165, 1.54) is 12.1 Å². The third-order valence-electron chi connectivity index (χ3n) is 4.29. The van der Waals surface area contributed by atoms with Gasteiger partial charge in [-0.2, -0.15) is 5.26 Å². The fraction of sp³-hybridized carbons (Fsp3) is 0.0870. The van der Waals surface area contributed by atoms with E-state index in [-0.39, 0.29) is 17.6 Å². The normalized spacial score (nSPS) is 10.1. The van der Waals surface area contributed by atoms with Gasteiger partial charge in [-0.3, -0.25) is 9.59 Å². The van der Waals surface area contributed by atoms with E-state index in [9.17, 15) is 14.0 Å². The largest absolute Gasteiger partial charge is 0.352 e. The number of nitrogens with one attached hydrogen (secondary N) is 2. The maximum atomic E-state index is 12.9. The molecule has 0 aliphatic heterocycles. The Morgan fingerprint density at radius 3 is 2.00 bits per heavy atom. The van der Waals surface area contributed by atoms with Gasteiger partial charge >= 0.3 is 0 Å². The molecule has 3 aromatic rings. The number of benzene rings is 3. The smallest absolute Gasteiger partial charge is 0.255 e. The highest BCUT2D eigenvalue weighted by Gasteiger charge is 2.09. The Balaban J connectivity index is 1.52. The summed E-state index contributed by atoms with van der Waals surface area (Å²) < 4.78 is 12.9. The Morgan fingerprint density at radius 2 is 1.41 bits per heavy atom. The molecule has 2 amide bonds. The number of hydrogen-bond donors (Lipinski definition) is 2. The molecule has 0 heterocycles. The van der Waals surface area contributed by atoms with Crippen molar-refractivity contribution in [2.75, 3.05) is 11.9 Å². The van der Waals surface area contributed by atoms with Crippen LogP contribution < -0.4 is 10.6 Å². The molecule has 0 unspecified atom stereocenters. The molecule has 0 saturated carbocycles. The van der Waals surface area contributed by atoms with Crippen molar-refractivity contribution in [1.29, 1.82) is 5.26 Å². The zero-order valence-electron chi connectivity index (χ0n) is 15.5. The SMILES string of the molecule is N#Cc1ccc(NC(=O)c2ccc(C(=O)NCCc3ccc(F)cc3)cc2)cc1. The summed E-state index contributed by atoms with van der Waals surface area (Å²) in [6, 6.07) is 21.0. The molecule has 0 aliphatic rings. The van der Waals surface area contributed by atoms with Gasteiger partial charge in [0.2, 0.25) is 0 Å². The standard InChI is InChI=1S/C23H18FN3O2/c24-20-9-1-16(2-10-20)13-14-26-22(28)18-5-7-19(8-6-18)23(29)27-21-11-3-17(15-25)4-12-21/h1-12H,13-14H2,(H,26,28)(H,27,29). The van der Waals surface area contributed by atoms with Gasteiger partial charge < -0.3 is 10.6 Å². The zero-order chi connectivity index (χ0) is 20.6. The predicted molar refractivity (Wildman–Crippen MR) is 108 cm³/mol. The van der Waals surface area contributed by atoms with E-state index in [1.54, 1.807) is 60.7 Å². The van der Waals surface area contributed by atoms with Gasteiger partial charge in [0.1, 0.15) is 5.82 Å². The topological polar surface area (TPSA) is 82.0 Å². The molecule has 0 spiro atoms. The first-order valence-corrected chi connectivity index (χ1v) is 8.99. The van der Waals surface area contributed by atoms with Gasteiger partial charge in [-0.25, -0.2) is 4.39 Å². The van der Waals surface area contributed by atoms with Crippen molar-refractivity contribution in [2.24, 2.45) is 0 Å². The van der Waals surface area contributed by atoms with Crippen LogP contribution in [0.5, 0.6) is 0 Å². The second-order valence-corrected chi connectivity index (χ2v) is 6.35. The minimum Gasteiger partial charge on any atom is -0.352 e. The highest BCUT2D eigenvalue weighted by Crippen LogP contribution is 2.12. The van der Waals surface area contributed by atoms with Gasteiger partial charge in [0.05, 0.1) is 11.6 Å². The molecule has 3 aromatic carbocycles. The van der Waals surface area contributed by atoms with Crippen molar-refractivity contribution in [3.63, 3.8) is 0 Å². The molecule has 5 nitrogen and oxygen atoms in total. The summed E-state index contributed by atoms with van der Waals surface area (Å²) in [5.74, 6) is -0.842. The lowest BCUT2D eigenvalue weighted by Crippen LogP contribution is -2.25. The van der Waals surface area contributed by atoms with Crippen LogP contribution in [0.4, 0.5) is 10.1 Å². The molecular formula is C23H18FN3O2. The van der Waals surface area contributed by atoms with E-state index in [0.29, 0.717) is 35.3 Å². The van der Waals surface area contributed by atoms with Crippen LogP contribution in [0, 0.1) is 17.1 Å². The molecule has 0 fully saturated rings. The van der Waals surface area contributed by atoms with Gasteiger partial charge in [-0.05, 0) is 72.6 Å². The Bertz CT molecular complexity index is 1040. The number of carbonyl (C=O) groups excluding carboxylic acids is 2. The van der Waals surface area contributed by atoms with Crippen LogP contribution >= 0.6 is 0 Å². The summed E-state index contributed by atoms with van der Waals surface area (Å²) in [4.78, 5) is 24.5. The average Bonchev–Trinajstić information content (AvgIpc) is 2.75. The summed E-state index contributed by atoms with van der Waals surface area (Å²) in [7, 11) is 0. The van der Waals surface area contributed by atoms with Crippen molar-refractivity contribution >= 4 is 17.5 Å². The number of rotatable bonds is 6. The van der Waals surface area contributed by atoms with E-state index in [0.717, 1.165) is 5.56 Å². The quantitative estimate of drug-likeness (QED) is 0.673. The number of halogens is 1. The monoisotopic (exact) mass is 387 g/mol. The van der Waals surface area contributed by atoms with Crippen molar-refractivity contribution < 1.29 is 14.0 Å². The molecule has 3 rings (SSSR count). The highest BCUT2D eigenvalue weighted by molar-refractivity contribution is 6.05. The Labute approximate surface area is 167 Å². The van der Waals surface area contributed by atoms with E-state index in [1.807, 2.05) is 6.07 Å². The number of hydrogen-bond acceptors (Lipinski definition) is 3. The summed E-state index contributed by atoms with van der Waals surface area (Å²) in [5, 5.41) is 14.3. The van der Waals surface area contributed by atoms with Gasteiger partial charge in [0, 0.05) is 23.4 Å². The molecule has 6 heteroatoms. The molecule has 2 N–H and O–H groups in total. The summed E-state index contributed by atoms with van der Waals surface area (Å²) >= 11 is 0. The van der Waals surface area contributed by atoms with Gasteiger partial charge in [0.25, 0.3) is 11.8 Å². The first-order chi connectivity index (χ1) is 14.0. The molecule has 29 heavy (non-hydrogen) atoms. The van der Waals surface area contributed by atoms with E-state index >= 15 is 0 Å². The van der Waals surface area contributed by atoms with Crippen LogP contribution in [0.3, 0.4) is 0 Å². The van der Waals surface area contributed by atoms with Crippen LogP contribution in [0.2, 0.25) is 0 Å². The van der Waals surface area contributed by atoms with Gasteiger partial charge in [-0.1, -0.05) is 12.1 Å². The first kappa shape index (κ1) is 19.8. The number of anilines is 1. The third kappa shape index (κ3) is 5.50. The number of nitrogens with zero attached hydrogens (tertiary/aromatic N) is 1. The second kappa shape index (κ2) is 9.29. The lowest BCUT2D eigenvalue weighted by molar-refractivity contribution is 0.0952. The minimum atomic E-state index is -0.307. The van der Waals surface area contributed by atoms with E-state index < -0.39 is 0 Å². The van der Waals surface area contributed by atoms with Crippen LogP contribution in [0.25, 0.3) is 0 Å². The highest BCUT2D eigenvalue weighted by atomic mass is 19.1. The molecule has 0 aromatic heterocycles. The lowest BCUT2D eigenvalue weighted by Gasteiger charge is -2.08. The number of amides is 2. The van der Waals surface area contributed by atoms with Crippen LogP contribution in [0.1, 0.15) is 31.8 Å². The summed E-state index contributed by atoms with van der Waals surface area (Å²) in [5.41, 5.74) is 2.88. The van der Waals surface area contributed by atoms with Crippen LogP contribution in [-0.2, 0) is 6.42 Å². The van der Waals surface area contributed by atoms with Crippen LogP contribution in [-0.4, -0.2) is 18.4 Å². The van der Waals surface area contributed by atoms with Gasteiger partial charge in [0.15, 0.2) is 0 Å². The Morgan fingerprint density at radius 1 is 0.828 bits per heavy atom. The number of carbonyl (C=O) groups is 2. The molecular weight excluding hydrogens is 369 g/mol. The summed E-state index contributed by atoms with van der Waals surface area (Å²) in [6.45, 7) is 0.422.